The number of thiophene rings is 1. The molecule has 0 N–H and O–H groups in total. The van der Waals surface area contributed by atoms with Gasteiger partial charge in [0.15, 0.2) is 11.2 Å². The molecule has 0 spiro atoms. The molecule has 8 nitrogen and oxygen atoms in total. The number of ether oxygens (including phenoxy) is 1. The second-order valence-corrected chi connectivity index (χ2v) is 7.77. The molecule has 0 saturated heterocycles. The van der Waals surface area contributed by atoms with Gasteiger partial charge in [-0.3, -0.25) is 14.2 Å². The topological polar surface area (TPSA) is 88.1 Å². The molecule has 10 heteroatoms. The van der Waals surface area contributed by atoms with E-state index in [1.165, 1.54) is 33.8 Å². The Bertz CT molecular complexity index is 1350. The van der Waals surface area contributed by atoms with Crippen molar-refractivity contribution in [2.24, 2.45) is 14.1 Å². The molecule has 28 heavy (non-hydrogen) atoms. The lowest BCUT2D eigenvalue weighted by Crippen LogP contribution is -2.41. The average molecular weight is 419 g/mol. The van der Waals surface area contributed by atoms with E-state index >= 15 is 0 Å². The number of rotatable bonds is 4. The fraction of sp³-hybridized carbons (Fsp3) is 0.222. The molecule has 0 radical (unpaired) electrons. The smallest absolute Gasteiger partial charge is 0.333 e. The van der Waals surface area contributed by atoms with Crippen molar-refractivity contribution in [1.82, 2.24) is 18.7 Å². The first-order valence-electron chi connectivity index (χ1n) is 8.31. The minimum absolute atomic E-state index is 0.0277. The minimum atomic E-state index is -0.700. The first kappa shape index (κ1) is 18.5. The Morgan fingerprint density at radius 3 is 2.75 bits per heavy atom. The van der Waals surface area contributed by atoms with Crippen LogP contribution in [0.15, 0.2) is 40.2 Å². The number of hydrogen-bond acceptors (Lipinski definition) is 6. The van der Waals surface area contributed by atoms with E-state index in [1.807, 2.05) is 24.3 Å². The molecule has 4 rings (SSSR count). The van der Waals surface area contributed by atoms with Gasteiger partial charge in [-0.1, -0.05) is 29.8 Å². The predicted octanol–water partition coefficient (Wildman–Crippen LogP) is 2.05. The third-order valence-electron chi connectivity index (χ3n) is 4.45. The van der Waals surface area contributed by atoms with Gasteiger partial charge in [-0.05, 0) is 6.07 Å². The Balaban J connectivity index is 1.59. The number of halogens is 1. The van der Waals surface area contributed by atoms with Crippen LogP contribution in [-0.2, 0) is 36.8 Å². The van der Waals surface area contributed by atoms with Crippen LogP contribution >= 0.6 is 22.9 Å². The summed E-state index contributed by atoms with van der Waals surface area (Å²) in [5.41, 5.74) is -0.718. The van der Waals surface area contributed by atoms with Gasteiger partial charge in [0, 0.05) is 24.2 Å². The van der Waals surface area contributed by atoms with E-state index in [9.17, 15) is 14.4 Å². The summed E-state index contributed by atoms with van der Waals surface area (Å²) < 4.78 is 9.85. The van der Waals surface area contributed by atoms with Gasteiger partial charge in [-0.15, -0.1) is 11.3 Å². The molecule has 3 heterocycles. The number of benzene rings is 1. The quantitative estimate of drug-likeness (QED) is 0.473. The van der Waals surface area contributed by atoms with E-state index in [-0.39, 0.29) is 17.8 Å². The Morgan fingerprint density at radius 1 is 1.25 bits per heavy atom. The lowest BCUT2D eigenvalue weighted by Gasteiger charge is -2.08. The van der Waals surface area contributed by atoms with Crippen LogP contribution in [0.4, 0.5) is 0 Å². The van der Waals surface area contributed by atoms with Crippen LogP contribution in [0.25, 0.3) is 21.3 Å². The summed E-state index contributed by atoms with van der Waals surface area (Å²) in [4.78, 5) is 42.1. The molecule has 0 aliphatic carbocycles. The maximum absolute atomic E-state index is 12.6. The normalized spacial score (nSPS) is 11.4. The molecular weight excluding hydrogens is 404 g/mol. The van der Waals surface area contributed by atoms with E-state index in [1.54, 1.807) is 7.05 Å². The van der Waals surface area contributed by atoms with Crippen LogP contribution in [-0.4, -0.2) is 24.7 Å². The molecule has 0 saturated carbocycles. The maximum Gasteiger partial charge on any atom is 0.333 e. The molecule has 0 aliphatic heterocycles. The van der Waals surface area contributed by atoms with Crippen molar-refractivity contribution >= 4 is 50.2 Å². The number of nitrogens with zero attached hydrogens (tertiary/aromatic N) is 4. The van der Waals surface area contributed by atoms with Crippen molar-refractivity contribution in [3.05, 3.63) is 61.3 Å². The molecule has 3 aromatic heterocycles. The largest absolute Gasteiger partial charge is 0.459 e. The van der Waals surface area contributed by atoms with Crippen molar-refractivity contribution in [2.45, 2.75) is 13.2 Å². The lowest BCUT2D eigenvalue weighted by atomic mass is 10.2. The van der Waals surface area contributed by atoms with Crippen LogP contribution in [0.2, 0.25) is 5.02 Å². The van der Waals surface area contributed by atoms with Crippen LogP contribution < -0.4 is 11.2 Å². The third-order valence-corrected chi connectivity index (χ3v) is 6.14. The highest BCUT2D eigenvalue weighted by Crippen LogP contribution is 2.35. The second-order valence-electron chi connectivity index (χ2n) is 6.26. The number of carbonyl (C=O) groups is 1. The second kappa shape index (κ2) is 6.92. The molecule has 4 aromatic rings. The maximum atomic E-state index is 12.6. The first-order valence-corrected chi connectivity index (χ1v) is 9.50. The van der Waals surface area contributed by atoms with Gasteiger partial charge in [0.2, 0.25) is 0 Å². The van der Waals surface area contributed by atoms with Gasteiger partial charge in [-0.2, -0.15) is 0 Å². The molecule has 0 fully saturated rings. The highest BCUT2D eigenvalue weighted by molar-refractivity contribution is 7.19. The summed E-state index contributed by atoms with van der Waals surface area (Å²) in [7, 11) is 3.14. The summed E-state index contributed by atoms with van der Waals surface area (Å²) in [6, 6.07) is 7.62. The molecule has 0 amide bonds. The van der Waals surface area contributed by atoms with Gasteiger partial charge >= 0.3 is 11.7 Å². The number of aromatic nitrogens is 4. The third kappa shape index (κ3) is 2.92. The summed E-state index contributed by atoms with van der Waals surface area (Å²) in [6.45, 7) is -0.519. The minimum Gasteiger partial charge on any atom is -0.459 e. The number of esters is 1. The van der Waals surface area contributed by atoms with E-state index in [4.69, 9.17) is 16.3 Å². The van der Waals surface area contributed by atoms with Crippen LogP contribution in [0.3, 0.4) is 0 Å². The molecule has 1 aromatic carbocycles. The van der Waals surface area contributed by atoms with Crippen molar-refractivity contribution < 1.29 is 9.53 Å². The number of hydrogen-bond donors (Lipinski definition) is 0. The Morgan fingerprint density at radius 2 is 2.00 bits per heavy atom. The van der Waals surface area contributed by atoms with Crippen LogP contribution in [0, 0.1) is 0 Å². The molecule has 144 valence electrons. The zero-order valence-corrected chi connectivity index (χ0v) is 16.6. The Labute approximate surface area is 167 Å². The summed E-state index contributed by atoms with van der Waals surface area (Å²) in [5.74, 6) is -0.700. The van der Waals surface area contributed by atoms with Crippen molar-refractivity contribution in [3.63, 3.8) is 0 Å². The van der Waals surface area contributed by atoms with Gasteiger partial charge < -0.3 is 9.30 Å². The zero-order chi connectivity index (χ0) is 20.0. The molecule has 0 unspecified atom stereocenters. The van der Waals surface area contributed by atoms with Crippen LogP contribution in [0.5, 0.6) is 0 Å². The number of carbonyl (C=O) groups excluding carboxylic acids is 1. The summed E-state index contributed by atoms with van der Waals surface area (Å²) in [5, 5.41) is 1.43. The highest BCUT2D eigenvalue weighted by Gasteiger charge is 2.18. The van der Waals surface area contributed by atoms with Crippen molar-refractivity contribution in [1.29, 1.82) is 0 Å². The van der Waals surface area contributed by atoms with Crippen LogP contribution in [0.1, 0.15) is 4.88 Å². The molecule has 0 aliphatic rings. The predicted molar refractivity (Wildman–Crippen MR) is 107 cm³/mol. The molecular formula is C18H15ClN4O4S. The van der Waals surface area contributed by atoms with E-state index in [0.717, 1.165) is 14.7 Å². The summed E-state index contributed by atoms with van der Waals surface area (Å²) in [6.07, 6.45) is 1.44. The van der Waals surface area contributed by atoms with Crippen molar-refractivity contribution in [2.75, 3.05) is 0 Å². The van der Waals surface area contributed by atoms with E-state index in [0.29, 0.717) is 9.90 Å². The summed E-state index contributed by atoms with van der Waals surface area (Å²) >= 11 is 7.77. The van der Waals surface area contributed by atoms with Gasteiger partial charge in [-0.25, -0.2) is 14.3 Å². The number of imidazole rings is 1. The number of fused-ring (bicyclic) bond motifs is 2. The average Bonchev–Trinajstić information content (AvgIpc) is 3.22. The molecule has 0 bridgehead atoms. The molecule has 0 atom stereocenters. The van der Waals surface area contributed by atoms with E-state index in [2.05, 4.69) is 4.98 Å². The highest BCUT2D eigenvalue weighted by atomic mass is 35.5. The monoisotopic (exact) mass is 418 g/mol. The van der Waals surface area contributed by atoms with Crippen molar-refractivity contribution in [3.8, 4) is 0 Å². The Kier molecular flexibility index (Phi) is 4.56. The standard InChI is InChI=1S/C18H15ClN4O4S/c1-21-9-20-16-15(21)17(25)23(18(26)22(16)2)7-13(24)27-8-12-14(19)10-5-3-4-6-11(10)28-12/h3-6,9H,7-8H2,1-2H3. The van der Waals surface area contributed by atoms with Gasteiger partial charge in [0.25, 0.3) is 5.56 Å². The number of aryl methyl sites for hydroxylation is 2. The van der Waals surface area contributed by atoms with Gasteiger partial charge in [0.05, 0.1) is 16.2 Å². The Hall–Kier alpha value is -2.91. The SMILES string of the molecule is Cn1cnc2c1c(=O)n(CC(=O)OCc1sc3ccccc3c1Cl)c(=O)n2C. The fourth-order valence-electron chi connectivity index (χ4n) is 3.01. The van der Waals surface area contributed by atoms with Gasteiger partial charge in [0.1, 0.15) is 13.2 Å². The fourth-order valence-corrected chi connectivity index (χ4v) is 4.41. The lowest BCUT2D eigenvalue weighted by molar-refractivity contribution is -0.145. The first-order chi connectivity index (χ1) is 13.4. The van der Waals surface area contributed by atoms with E-state index < -0.39 is 23.8 Å². The zero-order valence-electron chi connectivity index (χ0n) is 15.0.